The van der Waals surface area contributed by atoms with Crippen LogP contribution in [0.3, 0.4) is 0 Å². The molecule has 0 aliphatic carbocycles. The Balaban J connectivity index is 2.55. The lowest BCUT2D eigenvalue weighted by Gasteiger charge is -2.18. The molecular formula is C12H18O2. The van der Waals surface area contributed by atoms with Crippen LogP contribution < -0.4 is 0 Å². The molecule has 2 heteroatoms. The molecule has 2 nitrogen and oxygen atoms in total. The highest BCUT2D eigenvalue weighted by Gasteiger charge is 2.15. The summed E-state index contributed by atoms with van der Waals surface area (Å²) < 4.78 is 0. The molecule has 0 heterocycles. The van der Waals surface area contributed by atoms with Crippen LogP contribution in [0.15, 0.2) is 30.3 Å². The zero-order valence-corrected chi connectivity index (χ0v) is 8.72. The maximum Gasteiger partial charge on any atom is 0.0814 e. The molecule has 2 unspecified atom stereocenters. The van der Waals surface area contributed by atoms with Gasteiger partial charge in [-0.1, -0.05) is 44.2 Å². The van der Waals surface area contributed by atoms with E-state index in [9.17, 15) is 10.2 Å². The van der Waals surface area contributed by atoms with Crippen LogP contribution in [0.5, 0.6) is 0 Å². The van der Waals surface area contributed by atoms with Crippen LogP contribution in [-0.2, 0) is 0 Å². The summed E-state index contributed by atoms with van der Waals surface area (Å²) >= 11 is 0. The maximum atomic E-state index is 9.78. The summed E-state index contributed by atoms with van der Waals surface area (Å²) in [5.74, 6) is 0.188. The van der Waals surface area contributed by atoms with Gasteiger partial charge >= 0.3 is 0 Å². The van der Waals surface area contributed by atoms with Crippen molar-refractivity contribution >= 4 is 0 Å². The first-order chi connectivity index (χ1) is 6.61. The molecule has 0 aliphatic heterocycles. The van der Waals surface area contributed by atoms with Gasteiger partial charge in [-0.05, 0) is 11.5 Å². The van der Waals surface area contributed by atoms with E-state index in [4.69, 9.17) is 0 Å². The van der Waals surface area contributed by atoms with Gasteiger partial charge in [0.1, 0.15) is 0 Å². The van der Waals surface area contributed by atoms with Gasteiger partial charge in [0, 0.05) is 6.42 Å². The van der Waals surface area contributed by atoms with E-state index < -0.39 is 12.2 Å². The molecule has 0 saturated carbocycles. The van der Waals surface area contributed by atoms with Crippen LogP contribution in [0.4, 0.5) is 0 Å². The van der Waals surface area contributed by atoms with Gasteiger partial charge in [-0.15, -0.1) is 0 Å². The van der Waals surface area contributed by atoms with Crippen LogP contribution in [0.25, 0.3) is 0 Å². The smallest absolute Gasteiger partial charge is 0.0814 e. The van der Waals surface area contributed by atoms with Gasteiger partial charge in [0.25, 0.3) is 0 Å². The summed E-state index contributed by atoms with van der Waals surface area (Å²) in [5, 5.41) is 19.4. The summed E-state index contributed by atoms with van der Waals surface area (Å²) in [6.45, 7) is 3.89. The van der Waals surface area contributed by atoms with E-state index in [2.05, 4.69) is 0 Å². The largest absolute Gasteiger partial charge is 0.393 e. The lowest BCUT2D eigenvalue weighted by atomic mass is 9.97. The standard InChI is InChI=1S/C12H18O2/c1-9(2)11(13)8-12(14)10-6-4-3-5-7-10/h3-7,9,11-14H,8H2,1-2H3. The van der Waals surface area contributed by atoms with Crippen LogP contribution in [0, 0.1) is 5.92 Å². The zero-order chi connectivity index (χ0) is 10.6. The Morgan fingerprint density at radius 2 is 1.64 bits per heavy atom. The fourth-order valence-corrected chi connectivity index (χ4v) is 1.31. The normalized spacial score (nSPS) is 15.5. The third kappa shape index (κ3) is 3.13. The van der Waals surface area contributed by atoms with Crippen molar-refractivity contribution in [1.82, 2.24) is 0 Å². The highest BCUT2D eigenvalue weighted by molar-refractivity contribution is 5.17. The van der Waals surface area contributed by atoms with Crippen molar-refractivity contribution < 1.29 is 10.2 Å². The predicted octanol–water partition coefficient (Wildman–Crippen LogP) is 2.13. The SMILES string of the molecule is CC(C)C(O)CC(O)c1ccccc1. The van der Waals surface area contributed by atoms with Crippen molar-refractivity contribution in [3.63, 3.8) is 0 Å². The average molecular weight is 194 g/mol. The molecule has 2 N–H and O–H groups in total. The minimum Gasteiger partial charge on any atom is -0.393 e. The molecule has 0 spiro atoms. The first-order valence-electron chi connectivity index (χ1n) is 5.02. The van der Waals surface area contributed by atoms with Crippen molar-refractivity contribution in [2.45, 2.75) is 32.5 Å². The first kappa shape index (κ1) is 11.2. The monoisotopic (exact) mass is 194 g/mol. The number of hydrogen-bond donors (Lipinski definition) is 2. The molecule has 14 heavy (non-hydrogen) atoms. The van der Waals surface area contributed by atoms with Gasteiger partial charge in [-0.2, -0.15) is 0 Å². The fraction of sp³-hybridized carbons (Fsp3) is 0.500. The molecule has 1 aromatic rings. The second kappa shape index (κ2) is 5.13. The fourth-order valence-electron chi connectivity index (χ4n) is 1.31. The molecule has 0 bridgehead atoms. The van der Waals surface area contributed by atoms with Gasteiger partial charge in [-0.25, -0.2) is 0 Å². The molecule has 0 radical (unpaired) electrons. The second-order valence-electron chi connectivity index (χ2n) is 3.97. The minimum atomic E-state index is -0.561. The highest BCUT2D eigenvalue weighted by Crippen LogP contribution is 2.20. The van der Waals surface area contributed by atoms with Gasteiger partial charge < -0.3 is 10.2 Å². The van der Waals surface area contributed by atoms with Crippen LogP contribution in [-0.4, -0.2) is 16.3 Å². The average Bonchev–Trinajstić information content (AvgIpc) is 2.19. The van der Waals surface area contributed by atoms with E-state index >= 15 is 0 Å². The number of rotatable bonds is 4. The summed E-state index contributed by atoms with van der Waals surface area (Å²) in [6.07, 6.45) is -0.597. The summed E-state index contributed by atoms with van der Waals surface area (Å²) in [5.41, 5.74) is 0.868. The van der Waals surface area contributed by atoms with Crippen LogP contribution in [0.1, 0.15) is 31.9 Å². The Morgan fingerprint density at radius 1 is 1.07 bits per heavy atom. The number of hydrogen-bond acceptors (Lipinski definition) is 2. The van der Waals surface area contributed by atoms with E-state index in [1.54, 1.807) is 0 Å². The number of aliphatic hydroxyl groups excluding tert-OH is 2. The molecular weight excluding hydrogens is 176 g/mol. The minimum absolute atomic E-state index is 0.188. The molecule has 0 fully saturated rings. The van der Waals surface area contributed by atoms with E-state index in [0.717, 1.165) is 5.56 Å². The Bertz CT molecular complexity index is 256. The predicted molar refractivity (Wildman–Crippen MR) is 56.9 cm³/mol. The lowest BCUT2D eigenvalue weighted by molar-refractivity contribution is 0.0532. The Hall–Kier alpha value is -0.860. The molecule has 1 aromatic carbocycles. The third-order valence-electron chi connectivity index (χ3n) is 2.42. The molecule has 0 aromatic heterocycles. The Labute approximate surface area is 85.2 Å². The third-order valence-corrected chi connectivity index (χ3v) is 2.42. The van der Waals surface area contributed by atoms with Gasteiger partial charge in [0.2, 0.25) is 0 Å². The number of aliphatic hydroxyl groups is 2. The quantitative estimate of drug-likeness (QED) is 0.770. The summed E-state index contributed by atoms with van der Waals surface area (Å²) in [6, 6.07) is 9.44. The molecule has 0 aliphatic rings. The topological polar surface area (TPSA) is 40.5 Å². The number of benzene rings is 1. The summed E-state index contributed by atoms with van der Waals surface area (Å²) in [4.78, 5) is 0. The van der Waals surface area contributed by atoms with Crippen LogP contribution >= 0.6 is 0 Å². The Kier molecular flexibility index (Phi) is 4.11. The van der Waals surface area contributed by atoms with E-state index in [0.29, 0.717) is 6.42 Å². The molecule has 2 atom stereocenters. The lowest BCUT2D eigenvalue weighted by Crippen LogP contribution is -2.18. The van der Waals surface area contributed by atoms with Crippen molar-refractivity contribution in [3.8, 4) is 0 Å². The van der Waals surface area contributed by atoms with E-state index in [1.807, 2.05) is 44.2 Å². The van der Waals surface area contributed by atoms with Gasteiger partial charge in [0.15, 0.2) is 0 Å². The van der Waals surface area contributed by atoms with Crippen molar-refractivity contribution in [3.05, 3.63) is 35.9 Å². The van der Waals surface area contributed by atoms with Crippen molar-refractivity contribution in [1.29, 1.82) is 0 Å². The second-order valence-corrected chi connectivity index (χ2v) is 3.97. The summed E-state index contributed by atoms with van der Waals surface area (Å²) in [7, 11) is 0. The Morgan fingerprint density at radius 3 is 2.14 bits per heavy atom. The van der Waals surface area contributed by atoms with E-state index in [-0.39, 0.29) is 5.92 Å². The highest BCUT2D eigenvalue weighted by atomic mass is 16.3. The molecule has 0 saturated heterocycles. The van der Waals surface area contributed by atoms with Gasteiger partial charge in [-0.3, -0.25) is 0 Å². The van der Waals surface area contributed by atoms with Crippen molar-refractivity contribution in [2.75, 3.05) is 0 Å². The first-order valence-corrected chi connectivity index (χ1v) is 5.02. The van der Waals surface area contributed by atoms with Gasteiger partial charge in [0.05, 0.1) is 12.2 Å². The maximum absolute atomic E-state index is 9.78. The van der Waals surface area contributed by atoms with Crippen molar-refractivity contribution in [2.24, 2.45) is 5.92 Å². The van der Waals surface area contributed by atoms with Crippen LogP contribution in [0.2, 0.25) is 0 Å². The molecule has 1 rings (SSSR count). The zero-order valence-electron chi connectivity index (χ0n) is 8.72. The molecule has 78 valence electrons. The molecule has 0 amide bonds. The van der Waals surface area contributed by atoms with E-state index in [1.165, 1.54) is 0 Å².